The van der Waals surface area contributed by atoms with Gasteiger partial charge in [0, 0.05) is 25.3 Å². The molecule has 0 aliphatic carbocycles. The number of likely N-dealkylation sites (tertiary alicyclic amines) is 2. The second-order valence-electron chi connectivity index (χ2n) is 11.0. The number of piperazine rings is 1. The van der Waals surface area contributed by atoms with Crippen LogP contribution in [0.2, 0.25) is 0 Å². The van der Waals surface area contributed by atoms with Gasteiger partial charge < -0.3 is 19.9 Å². The molecule has 0 aromatic heterocycles. The van der Waals surface area contributed by atoms with Crippen molar-refractivity contribution < 1.29 is 14.3 Å². The zero-order chi connectivity index (χ0) is 26.2. The maximum Gasteiger partial charge on any atom is 0.408 e. The Labute approximate surface area is 212 Å². The molecule has 3 aliphatic heterocycles. The molecular formula is C27H34N6O3. The smallest absolute Gasteiger partial charge is 0.408 e. The van der Waals surface area contributed by atoms with Gasteiger partial charge in [0.2, 0.25) is 5.91 Å². The molecule has 2 bridgehead atoms. The molecule has 3 aliphatic rings. The van der Waals surface area contributed by atoms with Crippen molar-refractivity contribution in [1.29, 1.82) is 10.5 Å². The fourth-order valence-electron chi connectivity index (χ4n) is 5.56. The monoisotopic (exact) mass is 490 g/mol. The van der Waals surface area contributed by atoms with Crippen LogP contribution in [0.5, 0.6) is 0 Å². The lowest BCUT2D eigenvalue weighted by atomic mass is 10.1. The molecule has 3 fully saturated rings. The molecule has 4 unspecified atom stereocenters. The quantitative estimate of drug-likeness (QED) is 0.652. The topological polar surface area (TPSA) is 113 Å². The van der Waals surface area contributed by atoms with Crippen LogP contribution in [-0.2, 0) is 9.53 Å². The summed E-state index contributed by atoms with van der Waals surface area (Å²) in [6.45, 7) is 13.5. The van der Waals surface area contributed by atoms with Gasteiger partial charge in [0.15, 0.2) is 0 Å². The number of fused-ring (bicyclic) bond motifs is 2. The summed E-state index contributed by atoms with van der Waals surface area (Å²) in [5.74, 6) is 0.298. The number of carbonyl (C=O) groups excluding carboxylic acids is 2. The summed E-state index contributed by atoms with van der Waals surface area (Å²) in [6.07, 6.45) is 0.843. The van der Waals surface area contributed by atoms with E-state index in [1.54, 1.807) is 37.8 Å². The van der Waals surface area contributed by atoms with Crippen molar-refractivity contribution in [3.63, 3.8) is 0 Å². The number of amides is 2. The van der Waals surface area contributed by atoms with Crippen molar-refractivity contribution in [3.8, 4) is 12.1 Å². The first kappa shape index (κ1) is 25.5. The van der Waals surface area contributed by atoms with Gasteiger partial charge in [0.1, 0.15) is 17.7 Å². The number of nitriles is 2. The van der Waals surface area contributed by atoms with E-state index < -0.39 is 17.7 Å². The lowest BCUT2D eigenvalue weighted by Crippen LogP contribution is -2.56. The molecule has 4 rings (SSSR count). The van der Waals surface area contributed by atoms with E-state index in [0.717, 1.165) is 6.42 Å². The molecule has 0 radical (unpaired) electrons. The minimum absolute atomic E-state index is 0.0414. The van der Waals surface area contributed by atoms with Gasteiger partial charge in [-0.15, -0.1) is 0 Å². The fraction of sp³-hybridized carbons (Fsp3) is 0.556. The molecule has 0 saturated carbocycles. The average Bonchev–Trinajstić information content (AvgIpc) is 3.49. The Morgan fingerprint density at radius 2 is 1.97 bits per heavy atom. The lowest BCUT2D eigenvalue weighted by Gasteiger charge is -2.38. The second kappa shape index (κ2) is 9.83. The van der Waals surface area contributed by atoms with Crippen molar-refractivity contribution in [2.45, 2.75) is 70.3 Å². The van der Waals surface area contributed by atoms with Crippen LogP contribution in [0.1, 0.15) is 46.1 Å². The van der Waals surface area contributed by atoms with Crippen LogP contribution in [0, 0.1) is 28.6 Å². The summed E-state index contributed by atoms with van der Waals surface area (Å²) in [5.41, 5.74) is 1.12. The normalized spacial score (nSPS) is 26.4. The number of alkyl carbamates (subject to hydrolysis) is 1. The van der Waals surface area contributed by atoms with Gasteiger partial charge in [-0.3, -0.25) is 9.69 Å². The molecule has 9 nitrogen and oxygen atoms in total. The number of anilines is 1. The summed E-state index contributed by atoms with van der Waals surface area (Å²) in [4.78, 5) is 31.9. The summed E-state index contributed by atoms with van der Waals surface area (Å²) in [7, 11) is 0. The summed E-state index contributed by atoms with van der Waals surface area (Å²) in [6, 6.07) is 10.5. The standard InChI is InChI=1S/C27H34N6O3/c1-17-10-20(13-29)32(14-17)18(2)22(30-26(35)36-27(3,4)5)16-31-15-21-11-24(31)25(34)33(21)23-9-7-6-8-19(23)12-28/h6-9,17,20-22,24H,2,10-11,14-16H2,1,3-5H3,(H,30,35)/t17?,20?,21-,22?,24?/m0/s1. The summed E-state index contributed by atoms with van der Waals surface area (Å²) < 4.78 is 5.50. The highest BCUT2D eigenvalue weighted by molar-refractivity contribution is 6.02. The zero-order valence-corrected chi connectivity index (χ0v) is 21.4. The van der Waals surface area contributed by atoms with E-state index in [9.17, 15) is 20.1 Å². The number of benzene rings is 1. The minimum Gasteiger partial charge on any atom is -0.444 e. The first-order chi connectivity index (χ1) is 17.0. The highest BCUT2D eigenvalue weighted by Crippen LogP contribution is 2.37. The van der Waals surface area contributed by atoms with Gasteiger partial charge in [0.05, 0.1) is 35.4 Å². The predicted octanol–water partition coefficient (Wildman–Crippen LogP) is 2.99. The van der Waals surface area contributed by atoms with Gasteiger partial charge in [-0.1, -0.05) is 25.6 Å². The lowest BCUT2D eigenvalue weighted by molar-refractivity contribution is -0.122. The van der Waals surface area contributed by atoms with Crippen LogP contribution in [-0.4, -0.2) is 71.2 Å². The van der Waals surface area contributed by atoms with Crippen molar-refractivity contribution in [2.24, 2.45) is 5.92 Å². The van der Waals surface area contributed by atoms with Crippen LogP contribution in [0.3, 0.4) is 0 Å². The molecule has 3 saturated heterocycles. The molecule has 0 spiro atoms. The van der Waals surface area contributed by atoms with Gasteiger partial charge in [-0.2, -0.15) is 10.5 Å². The number of rotatable bonds is 6. The fourth-order valence-corrected chi connectivity index (χ4v) is 5.56. The molecule has 1 aromatic carbocycles. The van der Waals surface area contributed by atoms with E-state index >= 15 is 0 Å². The molecule has 2 amide bonds. The van der Waals surface area contributed by atoms with E-state index in [1.165, 1.54) is 0 Å². The van der Waals surface area contributed by atoms with Crippen molar-refractivity contribution in [3.05, 3.63) is 42.1 Å². The highest BCUT2D eigenvalue weighted by Gasteiger charge is 2.51. The maximum atomic E-state index is 13.4. The third-order valence-electron chi connectivity index (χ3n) is 7.09. The highest BCUT2D eigenvalue weighted by atomic mass is 16.6. The van der Waals surface area contributed by atoms with E-state index in [2.05, 4.69) is 35.9 Å². The largest absolute Gasteiger partial charge is 0.444 e. The maximum absolute atomic E-state index is 13.4. The van der Waals surface area contributed by atoms with Crippen LogP contribution in [0.15, 0.2) is 36.5 Å². The van der Waals surface area contributed by atoms with Crippen molar-refractivity contribution >= 4 is 17.7 Å². The Bertz CT molecular complexity index is 1130. The summed E-state index contributed by atoms with van der Waals surface area (Å²) >= 11 is 0. The van der Waals surface area contributed by atoms with Gasteiger partial charge in [-0.25, -0.2) is 4.79 Å². The van der Waals surface area contributed by atoms with Crippen LogP contribution in [0.4, 0.5) is 10.5 Å². The van der Waals surface area contributed by atoms with E-state index in [0.29, 0.717) is 48.9 Å². The first-order valence-corrected chi connectivity index (χ1v) is 12.4. The Morgan fingerprint density at radius 1 is 1.25 bits per heavy atom. The molecule has 9 heteroatoms. The summed E-state index contributed by atoms with van der Waals surface area (Å²) in [5, 5.41) is 22.1. The Morgan fingerprint density at radius 3 is 2.61 bits per heavy atom. The minimum atomic E-state index is -0.662. The molecule has 3 heterocycles. The van der Waals surface area contributed by atoms with Crippen molar-refractivity contribution in [2.75, 3.05) is 24.5 Å². The van der Waals surface area contributed by atoms with E-state index in [1.807, 2.05) is 17.0 Å². The van der Waals surface area contributed by atoms with Crippen molar-refractivity contribution in [1.82, 2.24) is 15.1 Å². The predicted molar refractivity (Wildman–Crippen MR) is 135 cm³/mol. The number of nitrogens with zero attached hydrogens (tertiary/aromatic N) is 5. The third kappa shape index (κ3) is 5.03. The first-order valence-electron chi connectivity index (χ1n) is 12.4. The van der Waals surface area contributed by atoms with Gasteiger partial charge in [-0.05, 0) is 51.7 Å². The van der Waals surface area contributed by atoms with Gasteiger partial charge >= 0.3 is 6.09 Å². The molecule has 1 N–H and O–H groups in total. The number of para-hydroxylation sites is 1. The Hall–Kier alpha value is -3.56. The SMILES string of the molecule is C=C(C(CN1C[C@@H]2CC1C(=O)N2c1ccccc1C#N)NC(=O)OC(C)(C)C)N1CC(C)CC1C#N. The molecule has 1 aromatic rings. The Kier molecular flexibility index (Phi) is 6.97. The van der Waals surface area contributed by atoms with Gasteiger partial charge in [0.25, 0.3) is 0 Å². The number of ether oxygens (including phenoxy) is 1. The molecule has 5 atom stereocenters. The number of hydrogen-bond acceptors (Lipinski definition) is 7. The number of hydrogen-bond donors (Lipinski definition) is 1. The van der Waals surface area contributed by atoms with E-state index in [-0.39, 0.29) is 24.0 Å². The van der Waals surface area contributed by atoms with E-state index in [4.69, 9.17) is 4.74 Å². The molecule has 190 valence electrons. The molecular weight excluding hydrogens is 456 g/mol. The Balaban J connectivity index is 1.52. The average molecular weight is 491 g/mol. The van der Waals surface area contributed by atoms with Crippen LogP contribution >= 0.6 is 0 Å². The third-order valence-corrected chi connectivity index (χ3v) is 7.09. The number of nitrogens with one attached hydrogen (secondary N) is 1. The van der Waals surface area contributed by atoms with Crippen LogP contribution < -0.4 is 10.2 Å². The van der Waals surface area contributed by atoms with Crippen LogP contribution in [0.25, 0.3) is 0 Å². The second-order valence-corrected chi connectivity index (χ2v) is 11.0. The zero-order valence-electron chi connectivity index (χ0n) is 21.4. The molecule has 36 heavy (non-hydrogen) atoms. The number of carbonyl (C=O) groups is 2.